The molecule has 8 heteroatoms. The molecule has 2 N–H and O–H groups in total. The molecule has 0 radical (unpaired) electrons. The Hall–Kier alpha value is -3.03. The predicted molar refractivity (Wildman–Crippen MR) is 102 cm³/mol. The zero-order valence-electron chi connectivity index (χ0n) is 15.7. The van der Waals surface area contributed by atoms with E-state index < -0.39 is 17.7 Å². The van der Waals surface area contributed by atoms with Gasteiger partial charge in [-0.2, -0.15) is 4.39 Å². The number of nitrogens with zero attached hydrogens (tertiary/aromatic N) is 1. The number of pyridine rings is 1. The van der Waals surface area contributed by atoms with Crippen molar-refractivity contribution in [3.05, 3.63) is 53.4 Å². The summed E-state index contributed by atoms with van der Waals surface area (Å²) >= 11 is 0. The van der Waals surface area contributed by atoms with E-state index in [1.54, 1.807) is 12.1 Å². The van der Waals surface area contributed by atoms with Crippen LogP contribution in [0, 0.1) is 11.8 Å². The largest absolute Gasteiger partial charge is 0.486 e. The number of hydrogen-bond donors (Lipinski definition) is 2. The lowest BCUT2D eigenvalue weighted by Gasteiger charge is -2.27. The number of aromatic carboxylic acids is 1. The van der Waals surface area contributed by atoms with Crippen molar-refractivity contribution in [2.45, 2.75) is 50.5 Å². The van der Waals surface area contributed by atoms with Gasteiger partial charge in [0, 0.05) is 11.8 Å². The summed E-state index contributed by atoms with van der Waals surface area (Å²) in [6, 6.07) is 5.62. The second kappa shape index (κ2) is 9.45. The number of benzene rings is 1. The number of hydrogen-bond acceptors (Lipinski definition) is 4. The zero-order chi connectivity index (χ0) is 20.8. The summed E-state index contributed by atoms with van der Waals surface area (Å²) in [5, 5.41) is 11.9. The first-order chi connectivity index (χ1) is 14.0. The molecule has 0 bridgehead atoms. The Labute approximate surface area is 166 Å². The number of ether oxygens (including phenoxy) is 1. The van der Waals surface area contributed by atoms with Crippen LogP contribution in [0.2, 0.25) is 0 Å². The van der Waals surface area contributed by atoms with Gasteiger partial charge in [0.1, 0.15) is 5.82 Å². The summed E-state index contributed by atoms with van der Waals surface area (Å²) in [5.41, 5.74) is 1.49. The van der Waals surface area contributed by atoms with Gasteiger partial charge in [-0.25, -0.2) is 14.2 Å². The van der Waals surface area contributed by atoms with Gasteiger partial charge >= 0.3 is 5.97 Å². The Bertz CT molecular complexity index is 891. The molecule has 2 atom stereocenters. The van der Waals surface area contributed by atoms with Gasteiger partial charge in [-0.05, 0) is 61.8 Å². The number of carboxylic acids is 1. The third-order valence-corrected chi connectivity index (χ3v) is 5.19. The van der Waals surface area contributed by atoms with Crippen LogP contribution in [0.3, 0.4) is 0 Å². The third-order valence-electron chi connectivity index (χ3n) is 5.19. The monoisotopic (exact) mass is 404 g/mol. The van der Waals surface area contributed by atoms with Gasteiger partial charge in [0.05, 0.1) is 17.9 Å². The lowest BCUT2D eigenvalue weighted by Crippen LogP contribution is -2.21. The standard InChI is InChI=1S/C21H22F2N2O4/c22-15-10-19(20(23)24-11-15)29-16-4-2-1-3-13(5-7-16)17-9-14(21(27)28)6-8-18(17)25-12-26/h6,8-13,16H,1-5,7H2,(H,25,26)(H,27,28)/t13-,16-/m0/s1. The fraction of sp³-hybridized carbons (Fsp3) is 0.381. The molecular weight excluding hydrogens is 382 g/mol. The van der Waals surface area contributed by atoms with Crippen LogP contribution in [0.1, 0.15) is 60.4 Å². The van der Waals surface area contributed by atoms with E-state index in [0.29, 0.717) is 31.4 Å². The summed E-state index contributed by atoms with van der Waals surface area (Å²) in [7, 11) is 0. The molecule has 3 rings (SSSR count). The first kappa shape index (κ1) is 20.7. The second-order valence-corrected chi connectivity index (χ2v) is 7.11. The SMILES string of the molecule is O=CNc1ccc(C(=O)O)cc1[C@H]1CCCC[C@H](Oc2cc(F)cnc2F)CC1. The van der Waals surface area contributed by atoms with Crippen molar-refractivity contribution in [1.29, 1.82) is 0 Å². The summed E-state index contributed by atoms with van der Waals surface area (Å²) in [5.74, 6) is -2.75. The molecule has 154 valence electrons. The molecule has 1 fully saturated rings. The van der Waals surface area contributed by atoms with Gasteiger partial charge < -0.3 is 15.2 Å². The minimum Gasteiger partial charge on any atom is -0.486 e. The Morgan fingerprint density at radius 1 is 1.17 bits per heavy atom. The van der Waals surface area contributed by atoms with Crippen LogP contribution in [0.4, 0.5) is 14.5 Å². The van der Waals surface area contributed by atoms with Crippen molar-refractivity contribution in [2.24, 2.45) is 0 Å². The predicted octanol–water partition coefficient (Wildman–Crippen LogP) is 4.51. The van der Waals surface area contributed by atoms with Crippen molar-refractivity contribution in [2.75, 3.05) is 5.32 Å². The van der Waals surface area contributed by atoms with E-state index in [-0.39, 0.29) is 23.3 Å². The van der Waals surface area contributed by atoms with Gasteiger partial charge in [-0.15, -0.1) is 0 Å². The summed E-state index contributed by atoms with van der Waals surface area (Å²) in [6.07, 6.45) is 5.54. The lowest BCUT2D eigenvalue weighted by molar-refractivity contribution is -0.105. The van der Waals surface area contributed by atoms with Gasteiger partial charge in [-0.3, -0.25) is 4.79 Å². The second-order valence-electron chi connectivity index (χ2n) is 7.11. The van der Waals surface area contributed by atoms with Crippen LogP contribution in [0.25, 0.3) is 0 Å². The maximum absolute atomic E-state index is 13.8. The first-order valence-corrected chi connectivity index (χ1v) is 9.53. The van der Waals surface area contributed by atoms with Crippen LogP contribution in [-0.2, 0) is 4.79 Å². The van der Waals surface area contributed by atoms with Crippen molar-refractivity contribution >= 4 is 18.1 Å². The molecule has 1 amide bonds. The maximum Gasteiger partial charge on any atom is 0.335 e. The molecule has 0 saturated heterocycles. The molecular formula is C21H22F2N2O4. The first-order valence-electron chi connectivity index (χ1n) is 9.53. The highest BCUT2D eigenvalue weighted by molar-refractivity contribution is 5.89. The van der Waals surface area contributed by atoms with Crippen molar-refractivity contribution in [3.63, 3.8) is 0 Å². The Kier molecular flexibility index (Phi) is 6.74. The molecule has 1 saturated carbocycles. The Morgan fingerprint density at radius 3 is 2.72 bits per heavy atom. The molecule has 2 aromatic rings. The van der Waals surface area contributed by atoms with E-state index in [4.69, 9.17) is 4.74 Å². The normalized spacial score (nSPS) is 19.7. The van der Waals surface area contributed by atoms with Crippen LogP contribution in [0.15, 0.2) is 30.5 Å². The minimum absolute atomic E-state index is 0.0126. The van der Waals surface area contributed by atoms with E-state index in [0.717, 1.165) is 37.1 Å². The number of rotatable bonds is 6. The number of carboxylic acid groups (broad SMARTS) is 1. The zero-order valence-corrected chi connectivity index (χ0v) is 15.7. The number of halogens is 2. The van der Waals surface area contributed by atoms with E-state index in [1.165, 1.54) is 6.07 Å². The maximum atomic E-state index is 13.8. The molecule has 0 spiro atoms. The topological polar surface area (TPSA) is 88.5 Å². The Morgan fingerprint density at radius 2 is 1.97 bits per heavy atom. The van der Waals surface area contributed by atoms with Crippen LogP contribution in [-0.4, -0.2) is 28.6 Å². The molecule has 6 nitrogen and oxygen atoms in total. The highest BCUT2D eigenvalue weighted by atomic mass is 19.1. The smallest absolute Gasteiger partial charge is 0.335 e. The highest BCUT2D eigenvalue weighted by Gasteiger charge is 2.23. The number of amides is 1. The average Bonchev–Trinajstić information content (AvgIpc) is 2.67. The Balaban J connectivity index is 1.78. The van der Waals surface area contributed by atoms with E-state index in [2.05, 4.69) is 10.3 Å². The summed E-state index contributed by atoms with van der Waals surface area (Å²) < 4.78 is 32.8. The van der Waals surface area contributed by atoms with E-state index in [9.17, 15) is 23.5 Å². The third kappa shape index (κ3) is 5.28. The number of carbonyl (C=O) groups is 2. The highest BCUT2D eigenvalue weighted by Crippen LogP contribution is 2.36. The molecule has 1 heterocycles. The minimum atomic E-state index is -1.04. The number of carbonyl (C=O) groups excluding carboxylic acids is 1. The number of aromatic nitrogens is 1. The summed E-state index contributed by atoms with van der Waals surface area (Å²) in [4.78, 5) is 25.7. The van der Waals surface area contributed by atoms with E-state index >= 15 is 0 Å². The van der Waals surface area contributed by atoms with Crippen molar-refractivity contribution < 1.29 is 28.2 Å². The number of nitrogens with one attached hydrogen (secondary N) is 1. The molecule has 1 aromatic heterocycles. The van der Waals surface area contributed by atoms with Gasteiger partial charge in [0.25, 0.3) is 5.95 Å². The van der Waals surface area contributed by atoms with Crippen LogP contribution < -0.4 is 10.1 Å². The molecule has 29 heavy (non-hydrogen) atoms. The molecule has 0 aliphatic heterocycles. The van der Waals surface area contributed by atoms with Gasteiger partial charge in [0.2, 0.25) is 6.41 Å². The molecule has 0 unspecified atom stereocenters. The quantitative estimate of drug-likeness (QED) is 0.546. The molecule has 1 aromatic carbocycles. The fourth-order valence-corrected chi connectivity index (χ4v) is 3.76. The molecule has 1 aliphatic carbocycles. The summed E-state index contributed by atoms with van der Waals surface area (Å²) in [6.45, 7) is 0. The van der Waals surface area contributed by atoms with Crippen LogP contribution >= 0.6 is 0 Å². The van der Waals surface area contributed by atoms with Gasteiger partial charge in [0.15, 0.2) is 5.75 Å². The van der Waals surface area contributed by atoms with Crippen molar-refractivity contribution in [3.8, 4) is 5.75 Å². The van der Waals surface area contributed by atoms with Gasteiger partial charge in [-0.1, -0.05) is 6.42 Å². The van der Waals surface area contributed by atoms with Crippen molar-refractivity contribution in [1.82, 2.24) is 4.98 Å². The van der Waals surface area contributed by atoms with Crippen LogP contribution in [0.5, 0.6) is 5.75 Å². The fourth-order valence-electron chi connectivity index (χ4n) is 3.76. The lowest BCUT2D eigenvalue weighted by atomic mass is 9.83. The average molecular weight is 404 g/mol. The van der Waals surface area contributed by atoms with E-state index in [1.807, 2.05) is 0 Å². The number of anilines is 1. The molecule has 1 aliphatic rings.